The molecule has 0 N–H and O–H groups in total. The van der Waals surface area contributed by atoms with Gasteiger partial charge in [-0.05, 0) is 130 Å². The fraction of sp³-hybridized carbons (Fsp3) is 0.848. The molecule has 1 rings (SSSR count). The summed E-state index contributed by atoms with van der Waals surface area (Å²) in [5.41, 5.74) is -0.377. The van der Waals surface area contributed by atoms with Crippen LogP contribution >= 0.6 is 0 Å². The third-order valence-corrected chi connectivity index (χ3v) is 17.6. The van der Waals surface area contributed by atoms with Crippen LogP contribution in [0.1, 0.15) is 261 Å². The van der Waals surface area contributed by atoms with Crippen LogP contribution in [-0.2, 0) is 23.8 Å². The zero-order chi connectivity index (χ0) is 57.0. The average molecular weight is 1030 g/mol. The molecule has 1 aromatic rings. The quantitative estimate of drug-likeness (QED) is 0.0381. The van der Waals surface area contributed by atoms with Gasteiger partial charge < -0.3 is 23.8 Å². The molecule has 4 atom stereocenters. The number of ether oxygens (including phenoxy) is 4. The SMILES string of the molecule is C=C(OCCOc1ccccc1)C(CCC)C(C)(C)CCCCC(C)(C)CC(C)(C(=O)OCCN(C)C)C(C)(C)CC.CCC(C)C(C)(C)C.CCCCCCC(C)(C)C(C)(CC(C)(C)CC)C(=O)OCCC. The minimum Gasteiger partial charge on any atom is -0.495 e. The number of nitrogens with zero attached hydrogens (tertiary/aromatic N) is 1. The monoisotopic (exact) mass is 1030 g/mol. The lowest BCUT2D eigenvalue weighted by Crippen LogP contribution is -2.46. The lowest BCUT2D eigenvalue weighted by molar-refractivity contribution is -0.167. The number of para-hydroxylation sites is 1. The summed E-state index contributed by atoms with van der Waals surface area (Å²) < 4.78 is 23.4. The first-order valence-corrected chi connectivity index (χ1v) is 29.5. The van der Waals surface area contributed by atoms with Gasteiger partial charge in [-0.15, -0.1) is 0 Å². The van der Waals surface area contributed by atoms with Gasteiger partial charge in [0, 0.05) is 12.5 Å². The Morgan fingerprint density at radius 3 is 1.55 bits per heavy atom. The van der Waals surface area contributed by atoms with Crippen molar-refractivity contribution >= 4 is 11.9 Å². The van der Waals surface area contributed by atoms with E-state index in [2.05, 4.69) is 159 Å². The molecule has 0 fully saturated rings. The number of rotatable bonds is 35. The third-order valence-electron chi connectivity index (χ3n) is 17.6. The highest BCUT2D eigenvalue weighted by atomic mass is 16.5. The van der Waals surface area contributed by atoms with Crippen molar-refractivity contribution < 1.29 is 28.5 Å². The summed E-state index contributed by atoms with van der Waals surface area (Å²) in [6.45, 7) is 56.5. The summed E-state index contributed by atoms with van der Waals surface area (Å²) in [5, 5.41) is 0. The fourth-order valence-electron chi connectivity index (χ4n) is 9.99. The highest BCUT2D eigenvalue weighted by Gasteiger charge is 2.51. The molecule has 0 bridgehead atoms. The van der Waals surface area contributed by atoms with Crippen LogP contribution in [0.4, 0.5) is 0 Å². The smallest absolute Gasteiger partial charge is 0.312 e. The highest BCUT2D eigenvalue weighted by molar-refractivity contribution is 5.78. The average Bonchev–Trinajstić information content (AvgIpc) is 3.30. The van der Waals surface area contributed by atoms with E-state index in [1.807, 2.05) is 49.3 Å². The van der Waals surface area contributed by atoms with Crippen molar-refractivity contribution in [3.05, 3.63) is 42.7 Å². The summed E-state index contributed by atoms with van der Waals surface area (Å²) in [6.07, 6.45) is 18.6. The van der Waals surface area contributed by atoms with E-state index in [1.54, 1.807) is 0 Å². The van der Waals surface area contributed by atoms with Crippen LogP contribution in [0.15, 0.2) is 42.7 Å². The van der Waals surface area contributed by atoms with E-state index in [1.165, 1.54) is 32.1 Å². The molecule has 1 aromatic carbocycles. The van der Waals surface area contributed by atoms with Crippen LogP contribution in [0.2, 0.25) is 0 Å². The molecule has 0 radical (unpaired) electrons. The highest BCUT2D eigenvalue weighted by Crippen LogP contribution is 2.53. The second-order valence-corrected chi connectivity index (χ2v) is 27.4. The Bertz CT molecular complexity index is 1620. The Morgan fingerprint density at radius 1 is 0.562 bits per heavy atom. The number of benzene rings is 1. The third kappa shape index (κ3) is 27.4. The summed E-state index contributed by atoms with van der Waals surface area (Å²) >= 11 is 0. The number of carbonyl (C=O) groups excluding carboxylic acids is 2. The number of allylic oxidation sites excluding steroid dienone is 1. The standard InChI is InChI=1S/C37H65NO4.C21H42O2.C8H18/c1-13-20-32(30(3)40-27-28-41-31-21-16-15-17-22-31)35(6,7)24-19-18-23-34(4,5)29-37(10,36(8,9)14-2)33(39)42-26-25-38(11)12;1-9-12-13-14-15-20(6,7)21(8,17-19(4,5)11-3)18(22)23-16-10-2;1-6-7(2)8(3,4)5/h15-17,21-22,32H,3,13-14,18-20,23-29H2,1-2,4-12H3;9-17H2,1-8H3;7H,6H2,1-5H3. The van der Waals surface area contributed by atoms with Crippen LogP contribution in [0, 0.1) is 55.2 Å². The summed E-state index contributed by atoms with van der Waals surface area (Å²) in [6, 6.07) is 9.85. The van der Waals surface area contributed by atoms with Gasteiger partial charge in [-0.25, -0.2) is 0 Å². The van der Waals surface area contributed by atoms with Gasteiger partial charge >= 0.3 is 11.9 Å². The molecule has 0 aromatic heterocycles. The molecule has 430 valence electrons. The van der Waals surface area contributed by atoms with Crippen molar-refractivity contribution in [3.63, 3.8) is 0 Å². The molecular formula is C66H125NO6. The van der Waals surface area contributed by atoms with Crippen molar-refractivity contribution in [3.8, 4) is 5.75 Å². The van der Waals surface area contributed by atoms with E-state index >= 15 is 0 Å². The number of carbonyl (C=O) groups is 2. The van der Waals surface area contributed by atoms with E-state index in [0.717, 1.165) is 101 Å². The van der Waals surface area contributed by atoms with E-state index in [0.29, 0.717) is 37.8 Å². The molecule has 0 amide bonds. The normalized spacial score (nSPS) is 15.1. The van der Waals surface area contributed by atoms with Crippen LogP contribution in [0.3, 0.4) is 0 Å². The molecule has 73 heavy (non-hydrogen) atoms. The predicted molar refractivity (Wildman–Crippen MR) is 317 cm³/mol. The van der Waals surface area contributed by atoms with Gasteiger partial charge in [-0.3, -0.25) is 9.59 Å². The van der Waals surface area contributed by atoms with Gasteiger partial charge in [-0.1, -0.05) is 221 Å². The van der Waals surface area contributed by atoms with E-state index < -0.39 is 10.8 Å². The van der Waals surface area contributed by atoms with Crippen LogP contribution in [0.5, 0.6) is 5.75 Å². The molecule has 7 nitrogen and oxygen atoms in total. The maximum absolute atomic E-state index is 13.5. The van der Waals surface area contributed by atoms with Gasteiger partial charge in [-0.2, -0.15) is 0 Å². The minimum atomic E-state index is -0.539. The van der Waals surface area contributed by atoms with Crippen molar-refractivity contribution in [2.24, 2.45) is 55.2 Å². The molecule has 0 aliphatic rings. The zero-order valence-electron chi connectivity index (χ0n) is 53.2. The first-order valence-electron chi connectivity index (χ1n) is 29.5. The van der Waals surface area contributed by atoms with E-state index in [9.17, 15) is 9.59 Å². The molecule has 4 unspecified atom stereocenters. The summed E-state index contributed by atoms with van der Waals surface area (Å²) in [4.78, 5) is 28.5. The van der Waals surface area contributed by atoms with Crippen molar-refractivity contribution in [1.82, 2.24) is 4.90 Å². The van der Waals surface area contributed by atoms with Crippen molar-refractivity contribution in [2.75, 3.05) is 47.1 Å². The maximum atomic E-state index is 13.5. The number of unbranched alkanes of at least 4 members (excludes halogenated alkanes) is 4. The van der Waals surface area contributed by atoms with Gasteiger partial charge in [0.25, 0.3) is 0 Å². The fourth-order valence-corrected chi connectivity index (χ4v) is 9.99. The molecule has 0 aliphatic carbocycles. The molecular weight excluding hydrogens is 903 g/mol. The molecule has 0 saturated carbocycles. The second-order valence-electron chi connectivity index (χ2n) is 27.4. The van der Waals surface area contributed by atoms with Gasteiger partial charge in [0.1, 0.15) is 25.6 Å². The Balaban J connectivity index is 0. The lowest BCUT2D eigenvalue weighted by Gasteiger charge is -2.46. The topological polar surface area (TPSA) is 74.3 Å². The Hall–Kier alpha value is -2.54. The van der Waals surface area contributed by atoms with E-state index in [4.69, 9.17) is 18.9 Å². The molecule has 0 spiro atoms. The van der Waals surface area contributed by atoms with Crippen LogP contribution in [0.25, 0.3) is 0 Å². The first-order chi connectivity index (χ1) is 33.6. The maximum Gasteiger partial charge on any atom is 0.312 e. The minimum absolute atomic E-state index is 0.00127. The van der Waals surface area contributed by atoms with Crippen molar-refractivity contribution in [2.45, 2.75) is 261 Å². The van der Waals surface area contributed by atoms with Gasteiger partial charge in [0.2, 0.25) is 0 Å². The van der Waals surface area contributed by atoms with Gasteiger partial charge in [0.15, 0.2) is 0 Å². The second kappa shape index (κ2) is 34.3. The lowest BCUT2D eigenvalue weighted by atomic mass is 9.58. The molecule has 0 saturated heterocycles. The van der Waals surface area contributed by atoms with Crippen LogP contribution in [-0.4, -0.2) is 63.9 Å². The van der Waals surface area contributed by atoms with Gasteiger partial charge in [0.05, 0.1) is 23.2 Å². The Morgan fingerprint density at radius 2 is 1.08 bits per heavy atom. The Kier molecular flexibility index (Phi) is 34.1. The molecule has 0 aliphatic heterocycles. The Labute approximate surface area is 455 Å². The summed E-state index contributed by atoms with van der Waals surface area (Å²) in [7, 11) is 4.01. The zero-order valence-corrected chi connectivity index (χ0v) is 53.2. The number of hydrogen-bond donors (Lipinski definition) is 0. The predicted octanol–water partition coefficient (Wildman–Crippen LogP) is 19.4. The van der Waals surface area contributed by atoms with E-state index in [-0.39, 0.29) is 39.0 Å². The molecule has 7 heteroatoms. The first kappa shape index (κ1) is 72.5. The number of hydrogen-bond acceptors (Lipinski definition) is 7. The number of likely N-dealkylation sites (N-methyl/N-ethyl adjacent to an activating group) is 1. The van der Waals surface area contributed by atoms with Crippen molar-refractivity contribution in [1.29, 1.82) is 0 Å². The van der Waals surface area contributed by atoms with Crippen LogP contribution < -0.4 is 4.74 Å². The molecule has 0 heterocycles. The number of esters is 2. The largest absolute Gasteiger partial charge is 0.495 e. The summed E-state index contributed by atoms with van der Waals surface area (Å²) in [5.74, 6) is 2.84.